The molecule has 0 saturated heterocycles. The van der Waals surface area contributed by atoms with Crippen LogP contribution in [0.2, 0.25) is 0 Å². The molecule has 1 aliphatic rings. The molecule has 1 aliphatic heterocycles. The smallest absolute Gasteiger partial charge is 0.363 e. The van der Waals surface area contributed by atoms with E-state index >= 15 is 0 Å². The molecule has 0 atom stereocenters. The summed E-state index contributed by atoms with van der Waals surface area (Å²) in [4.78, 5) is 27.7. The lowest BCUT2D eigenvalue weighted by molar-refractivity contribution is -0.132. The zero-order valence-corrected chi connectivity index (χ0v) is 13.7. The maximum absolute atomic E-state index is 12.1. The lowest BCUT2D eigenvalue weighted by Crippen LogP contribution is -2.06. The van der Waals surface area contributed by atoms with Crippen LogP contribution in [0.1, 0.15) is 18.1 Å². The van der Waals surface area contributed by atoms with Crippen molar-refractivity contribution in [2.24, 2.45) is 4.99 Å². The van der Waals surface area contributed by atoms with Crippen molar-refractivity contribution in [3.05, 3.63) is 65.4 Å². The van der Waals surface area contributed by atoms with Gasteiger partial charge in [-0.3, -0.25) is 4.79 Å². The number of nitrogens with zero attached hydrogens (tertiary/aromatic N) is 1. The van der Waals surface area contributed by atoms with Gasteiger partial charge in [0.25, 0.3) is 0 Å². The van der Waals surface area contributed by atoms with Crippen LogP contribution >= 0.6 is 0 Å². The number of cyclic esters (lactones) is 1. The number of carbonyl (C=O) groups is 2. The maximum Gasteiger partial charge on any atom is 0.363 e. The van der Waals surface area contributed by atoms with Gasteiger partial charge in [0.2, 0.25) is 5.90 Å². The molecule has 0 bridgehead atoms. The molecule has 0 saturated carbocycles. The third-order valence-electron chi connectivity index (χ3n) is 3.41. The fourth-order valence-corrected chi connectivity index (χ4v) is 2.32. The molecule has 1 heterocycles. The van der Waals surface area contributed by atoms with Crippen LogP contribution in [-0.2, 0) is 14.3 Å². The number of aliphatic imine (C=N–C) groups is 1. The van der Waals surface area contributed by atoms with Crippen LogP contribution in [0, 0.1) is 0 Å². The van der Waals surface area contributed by atoms with Crippen LogP contribution in [0.5, 0.6) is 11.5 Å². The Morgan fingerprint density at radius 2 is 1.88 bits per heavy atom. The molecule has 0 fully saturated rings. The van der Waals surface area contributed by atoms with Gasteiger partial charge in [-0.2, -0.15) is 0 Å². The van der Waals surface area contributed by atoms with E-state index in [2.05, 4.69) is 4.99 Å². The van der Waals surface area contributed by atoms with Gasteiger partial charge in [-0.1, -0.05) is 30.3 Å². The predicted octanol–water partition coefficient (Wildman–Crippen LogP) is 2.97. The lowest BCUT2D eigenvalue weighted by atomic mass is 10.1. The molecule has 6 heteroatoms. The lowest BCUT2D eigenvalue weighted by Gasteiger charge is -2.10. The Bertz CT molecular complexity index is 884. The first-order chi connectivity index (χ1) is 12.1. The highest BCUT2D eigenvalue weighted by Crippen LogP contribution is 2.33. The summed E-state index contributed by atoms with van der Waals surface area (Å²) in [6.45, 7) is 1.29. The summed E-state index contributed by atoms with van der Waals surface area (Å²) in [7, 11) is 1.47. The maximum atomic E-state index is 12.1. The third-order valence-corrected chi connectivity index (χ3v) is 3.41. The van der Waals surface area contributed by atoms with Crippen molar-refractivity contribution in [3.8, 4) is 11.5 Å². The molecular formula is C19H15NO5. The van der Waals surface area contributed by atoms with Gasteiger partial charge in [0.1, 0.15) is 0 Å². The summed E-state index contributed by atoms with van der Waals surface area (Å²) in [6.07, 6.45) is 1.50. The van der Waals surface area contributed by atoms with E-state index in [9.17, 15) is 9.59 Å². The number of rotatable bonds is 4. The quantitative estimate of drug-likeness (QED) is 0.487. The molecule has 0 spiro atoms. The van der Waals surface area contributed by atoms with Crippen molar-refractivity contribution in [1.29, 1.82) is 0 Å². The second kappa shape index (κ2) is 7.00. The van der Waals surface area contributed by atoms with E-state index in [4.69, 9.17) is 14.2 Å². The van der Waals surface area contributed by atoms with E-state index in [-0.39, 0.29) is 17.3 Å². The zero-order chi connectivity index (χ0) is 17.8. The standard InChI is InChI=1S/C19H15NO5/c1-12(21)24-17-14(9-6-10-16(17)23-2)11-15-19(22)25-18(20-15)13-7-4-3-5-8-13/h3-11H,1-2H3. The van der Waals surface area contributed by atoms with E-state index in [0.717, 1.165) is 0 Å². The summed E-state index contributed by atoms with van der Waals surface area (Å²) >= 11 is 0. The van der Waals surface area contributed by atoms with Crippen molar-refractivity contribution in [3.63, 3.8) is 0 Å². The minimum atomic E-state index is -0.574. The molecule has 0 amide bonds. The number of carbonyl (C=O) groups excluding carboxylic acids is 2. The molecule has 0 radical (unpaired) electrons. The van der Waals surface area contributed by atoms with Gasteiger partial charge in [0.15, 0.2) is 17.2 Å². The van der Waals surface area contributed by atoms with E-state index in [1.165, 1.54) is 20.1 Å². The van der Waals surface area contributed by atoms with Crippen molar-refractivity contribution < 1.29 is 23.8 Å². The monoisotopic (exact) mass is 337 g/mol. The highest BCUT2D eigenvalue weighted by atomic mass is 16.6. The molecule has 0 aromatic heterocycles. The highest BCUT2D eigenvalue weighted by molar-refractivity contribution is 6.13. The number of esters is 2. The van der Waals surface area contributed by atoms with Crippen molar-refractivity contribution in [2.75, 3.05) is 7.11 Å². The summed E-state index contributed by atoms with van der Waals surface area (Å²) in [5.41, 5.74) is 1.30. The molecule has 126 valence electrons. The summed E-state index contributed by atoms with van der Waals surface area (Å²) in [5.74, 6) is -0.236. The van der Waals surface area contributed by atoms with E-state index in [1.807, 2.05) is 18.2 Å². The number of ether oxygens (including phenoxy) is 3. The number of para-hydroxylation sites is 1. The molecule has 2 aromatic carbocycles. The molecule has 25 heavy (non-hydrogen) atoms. The average Bonchev–Trinajstić information content (AvgIpc) is 2.97. The van der Waals surface area contributed by atoms with E-state index in [1.54, 1.807) is 30.3 Å². The predicted molar refractivity (Wildman–Crippen MR) is 91.4 cm³/mol. The first-order valence-electron chi connectivity index (χ1n) is 7.52. The van der Waals surface area contributed by atoms with Gasteiger partial charge in [0.05, 0.1) is 7.11 Å². The van der Waals surface area contributed by atoms with Gasteiger partial charge in [0, 0.05) is 18.1 Å². The molecule has 6 nitrogen and oxygen atoms in total. The summed E-state index contributed by atoms with van der Waals surface area (Å²) in [5, 5.41) is 0. The number of methoxy groups -OCH3 is 1. The van der Waals surface area contributed by atoms with E-state index in [0.29, 0.717) is 16.9 Å². The summed E-state index contributed by atoms with van der Waals surface area (Å²) in [6, 6.07) is 14.2. The molecule has 2 aromatic rings. The third kappa shape index (κ3) is 3.58. The Kier molecular flexibility index (Phi) is 4.61. The fraction of sp³-hybridized carbons (Fsp3) is 0.105. The Morgan fingerprint density at radius 1 is 1.12 bits per heavy atom. The van der Waals surface area contributed by atoms with Gasteiger partial charge in [-0.15, -0.1) is 0 Å². The molecule has 3 rings (SSSR count). The fourth-order valence-electron chi connectivity index (χ4n) is 2.32. The largest absolute Gasteiger partial charge is 0.493 e. The Morgan fingerprint density at radius 3 is 2.56 bits per heavy atom. The Balaban J connectivity index is 2.02. The van der Waals surface area contributed by atoms with Crippen LogP contribution < -0.4 is 9.47 Å². The van der Waals surface area contributed by atoms with Crippen LogP contribution in [0.15, 0.2) is 59.2 Å². The Labute approximate surface area is 144 Å². The minimum absolute atomic E-state index is 0.112. The molecular weight excluding hydrogens is 322 g/mol. The normalized spacial score (nSPS) is 14.9. The molecule has 0 N–H and O–H groups in total. The average molecular weight is 337 g/mol. The van der Waals surface area contributed by atoms with Crippen LogP contribution in [0.4, 0.5) is 0 Å². The molecule has 0 aliphatic carbocycles. The zero-order valence-electron chi connectivity index (χ0n) is 13.7. The SMILES string of the molecule is COc1cccc(C=C2N=C(c3ccccc3)OC2=O)c1OC(C)=O. The minimum Gasteiger partial charge on any atom is -0.493 e. The van der Waals surface area contributed by atoms with Gasteiger partial charge in [-0.25, -0.2) is 9.79 Å². The first kappa shape index (κ1) is 16.4. The van der Waals surface area contributed by atoms with Crippen LogP contribution in [-0.4, -0.2) is 24.9 Å². The second-order valence-corrected chi connectivity index (χ2v) is 5.17. The second-order valence-electron chi connectivity index (χ2n) is 5.17. The van der Waals surface area contributed by atoms with Gasteiger partial charge >= 0.3 is 11.9 Å². The van der Waals surface area contributed by atoms with Crippen molar-refractivity contribution in [2.45, 2.75) is 6.92 Å². The number of hydrogen-bond acceptors (Lipinski definition) is 6. The van der Waals surface area contributed by atoms with Gasteiger partial charge in [-0.05, 0) is 24.3 Å². The Hall–Kier alpha value is -3.41. The van der Waals surface area contributed by atoms with Gasteiger partial charge < -0.3 is 14.2 Å². The summed E-state index contributed by atoms with van der Waals surface area (Å²) < 4.78 is 15.6. The van der Waals surface area contributed by atoms with Crippen molar-refractivity contribution in [1.82, 2.24) is 0 Å². The van der Waals surface area contributed by atoms with Crippen LogP contribution in [0.3, 0.4) is 0 Å². The number of benzene rings is 2. The molecule has 0 unspecified atom stereocenters. The highest BCUT2D eigenvalue weighted by Gasteiger charge is 2.25. The topological polar surface area (TPSA) is 74.2 Å². The van der Waals surface area contributed by atoms with Crippen molar-refractivity contribution >= 4 is 23.9 Å². The number of hydrogen-bond donors (Lipinski definition) is 0. The first-order valence-corrected chi connectivity index (χ1v) is 7.52. The van der Waals surface area contributed by atoms with E-state index < -0.39 is 11.9 Å². The van der Waals surface area contributed by atoms with Crippen LogP contribution in [0.25, 0.3) is 6.08 Å².